The van der Waals surface area contributed by atoms with E-state index in [0.717, 1.165) is 0 Å². The van der Waals surface area contributed by atoms with Crippen molar-refractivity contribution in [1.82, 2.24) is 0 Å². The predicted molar refractivity (Wildman–Crippen MR) is 31.3 cm³/mol. The molecule has 0 aromatic heterocycles. The van der Waals surface area contributed by atoms with Gasteiger partial charge in [-0.05, 0) is 23.2 Å². The van der Waals surface area contributed by atoms with Gasteiger partial charge in [0, 0.05) is 0 Å². The van der Waals surface area contributed by atoms with Crippen molar-refractivity contribution in [2.75, 3.05) is 0 Å². The van der Waals surface area contributed by atoms with Gasteiger partial charge in [0.05, 0.1) is 6.42 Å². The second-order valence-corrected chi connectivity index (χ2v) is 2.35. The molecule has 0 heterocycles. The first-order chi connectivity index (χ1) is 4.34. The van der Waals surface area contributed by atoms with Gasteiger partial charge in [-0.25, -0.2) is 0 Å². The number of alkyl halides is 3. The fraction of sp³-hybridized carbons (Fsp3) is 0.500. The highest BCUT2D eigenvalue weighted by atomic mass is 35.5. The topological polar surface area (TPSA) is 34.1 Å². The fourth-order valence-corrected chi connectivity index (χ4v) is 0.415. The Balaban J connectivity index is 3.99. The highest BCUT2D eigenvalue weighted by Crippen LogP contribution is 2.21. The lowest BCUT2D eigenvalue weighted by Gasteiger charge is -2.02. The number of halogens is 4. The molecule has 0 bridgehead atoms. The Bertz CT molecular complexity index is 163. The van der Waals surface area contributed by atoms with E-state index in [0.29, 0.717) is 0 Å². The number of rotatable bonds is 3. The minimum absolute atomic E-state index is 1.04. The monoisotopic (exact) mass is 190 g/mol. The van der Waals surface area contributed by atoms with Crippen LogP contribution in [-0.4, -0.2) is 16.4 Å². The Morgan fingerprint density at radius 1 is 1.40 bits per heavy atom. The highest BCUT2D eigenvalue weighted by molar-refractivity contribution is 6.65. The Morgan fingerprint density at radius 3 is 1.90 bits per heavy atom. The number of ketones is 1. The molecule has 0 aliphatic rings. The molecular formula is C4H2Cl2F2O2. The molecule has 0 aromatic carbocycles. The Labute approximate surface area is 65.1 Å². The molecule has 0 aromatic rings. The van der Waals surface area contributed by atoms with Gasteiger partial charge in [-0.1, -0.05) is 0 Å². The molecule has 0 aliphatic carbocycles. The maximum atomic E-state index is 11.7. The Hall–Kier alpha value is -0.220. The molecule has 0 fully saturated rings. The third-order valence-corrected chi connectivity index (χ3v) is 0.960. The molecule has 0 saturated carbocycles. The van der Waals surface area contributed by atoms with Crippen molar-refractivity contribution in [1.29, 1.82) is 0 Å². The van der Waals surface area contributed by atoms with E-state index in [1.165, 1.54) is 0 Å². The predicted octanol–water partition coefficient (Wildman–Crippen LogP) is 1.54. The number of carbonyl (C=O) groups excluding carboxylic acids is 2. The van der Waals surface area contributed by atoms with Gasteiger partial charge in [0.15, 0.2) is 0 Å². The summed E-state index contributed by atoms with van der Waals surface area (Å²) in [6.45, 7) is 0. The summed E-state index contributed by atoms with van der Waals surface area (Å²) in [6.07, 6.45) is -1.04. The van der Waals surface area contributed by atoms with E-state index in [2.05, 4.69) is 23.2 Å². The average Bonchev–Trinajstić information content (AvgIpc) is 1.60. The molecule has 0 unspecified atom stereocenters. The van der Waals surface area contributed by atoms with Crippen LogP contribution >= 0.6 is 23.2 Å². The van der Waals surface area contributed by atoms with Gasteiger partial charge >= 0.3 is 5.38 Å². The first-order valence-electron chi connectivity index (χ1n) is 2.12. The van der Waals surface area contributed by atoms with Crippen LogP contribution in [0.5, 0.6) is 0 Å². The maximum absolute atomic E-state index is 11.7. The molecule has 6 heteroatoms. The van der Waals surface area contributed by atoms with Gasteiger partial charge in [-0.3, -0.25) is 9.59 Å². The van der Waals surface area contributed by atoms with Crippen LogP contribution in [0.3, 0.4) is 0 Å². The fourth-order valence-electron chi connectivity index (χ4n) is 0.226. The summed E-state index contributed by atoms with van der Waals surface area (Å²) in [5, 5.41) is -5.13. The van der Waals surface area contributed by atoms with Crippen molar-refractivity contribution in [3.05, 3.63) is 0 Å². The minimum atomic E-state index is -3.98. The minimum Gasteiger partial charge on any atom is -0.291 e. The molecule has 0 radical (unpaired) electrons. The van der Waals surface area contributed by atoms with E-state index in [9.17, 15) is 18.4 Å². The highest BCUT2D eigenvalue weighted by Gasteiger charge is 2.36. The number of carbonyl (C=O) groups is 2. The number of Topliss-reactive ketones (excluding diaryl/α,β-unsaturated/α-hetero) is 1. The molecule has 0 atom stereocenters. The van der Waals surface area contributed by atoms with E-state index in [1.54, 1.807) is 0 Å². The second-order valence-electron chi connectivity index (χ2n) is 1.45. The zero-order valence-electron chi connectivity index (χ0n) is 4.54. The van der Waals surface area contributed by atoms with Crippen LogP contribution in [0.15, 0.2) is 0 Å². The summed E-state index contributed by atoms with van der Waals surface area (Å²) in [5.41, 5.74) is 0. The molecule has 0 spiro atoms. The van der Waals surface area contributed by atoms with Gasteiger partial charge in [0.1, 0.15) is 0 Å². The SMILES string of the molecule is O=C(Cl)CC(=O)C(F)(F)Cl. The molecule has 0 saturated heterocycles. The number of hydrogen-bond donors (Lipinski definition) is 0. The van der Waals surface area contributed by atoms with E-state index in [1.807, 2.05) is 0 Å². The van der Waals surface area contributed by atoms with Crippen LogP contribution in [0.25, 0.3) is 0 Å². The van der Waals surface area contributed by atoms with Crippen LogP contribution in [0.4, 0.5) is 8.78 Å². The van der Waals surface area contributed by atoms with E-state index < -0.39 is 22.8 Å². The van der Waals surface area contributed by atoms with Crippen LogP contribution in [0, 0.1) is 0 Å². The summed E-state index contributed by atoms with van der Waals surface area (Å²) in [7, 11) is 0. The van der Waals surface area contributed by atoms with Crippen molar-refractivity contribution in [2.45, 2.75) is 11.8 Å². The first-order valence-corrected chi connectivity index (χ1v) is 2.88. The quantitative estimate of drug-likeness (QED) is 0.385. The van der Waals surface area contributed by atoms with Gasteiger partial charge in [-0.2, -0.15) is 8.78 Å². The van der Waals surface area contributed by atoms with Crippen LogP contribution < -0.4 is 0 Å². The largest absolute Gasteiger partial charge is 0.380 e. The standard InChI is InChI=1S/C4H2Cl2F2O2/c5-3(10)1-2(9)4(6,7)8/h1H2. The van der Waals surface area contributed by atoms with Crippen molar-refractivity contribution < 1.29 is 18.4 Å². The van der Waals surface area contributed by atoms with Gasteiger partial charge in [0.25, 0.3) is 0 Å². The zero-order chi connectivity index (χ0) is 8.36. The summed E-state index contributed by atoms with van der Waals surface area (Å²) >= 11 is 8.86. The van der Waals surface area contributed by atoms with Crippen LogP contribution in [-0.2, 0) is 9.59 Å². The van der Waals surface area contributed by atoms with Crippen molar-refractivity contribution in [3.8, 4) is 0 Å². The molecule has 0 amide bonds. The summed E-state index contributed by atoms with van der Waals surface area (Å²) < 4.78 is 23.4. The normalized spacial score (nSPS) is 11.2. The lowest BCUT2D eigenvalue weighted by molar-refractivity contribution is -0.135. The molecular weight excluding hydrogens is 189 g/mol. The van der Waals surface area contributed by atoms with Gasteiger partial charge in [-0.15, -0.1) is 0 Å². The first kappa shape index (κ1) is 9.78. The van der Waals surface area contributed by atoms with Crippen LogP contribution in [0.1, 0.15) is 6.42 Å². The average molecular weight is 191 g/mol. The summed E-state index contributed by atoms with van der Waals surface area (Å²) in [6, 6.07) is 0. The summed E-state index contributed by atoms with van der Waals surface area (Å²) in [4.78, 5) is 19.9. The van der Waals surface area contributed by atoms with E-state index in [4.69, 9.17) is 0 Å². The van der Waals surface area contributed by atoms with E-state index in [-0.39, 0.29) is 0 Å². The molecule has 10 heavy (non-hydrogen) atoms. The molecule has 58 valence electrons. The lowest BCUT2D eigenvalue weighted by atomic mass is 10.3. The van der Waals surface area contributed by atoms with Crippen LogP contribution in [0.2, 0.25) is 0 Å². The molecule has 0 aliphatic heterocycles. The molecule has 0 N–H and O–H groups in total. The third kappa shape index (κ3) is 3.74. The third-order valence-electron chi connectivity index (χ3n) is 0.616. The van der Waals surface area contributed by atoms with Crippen molar-refractivity contribution >= 4 is 34.2 Å². The lowest BCUT2D eigenvalue weighted by Crippen LogP contribution is -2.22. The maximum Gasteiger partial charge on any atom is 0.380 e. The smallest absolute Gasteiger partial charge is 0.291 e. The van der Waals surface area contributed by atoms with Gasteiger partial charge in [0.2, 0.25) is 11.0 Å². The molecule has 0 rings (SSSR count). The number of hydrogen-bond acceptors (Lipinski definition) is 2. The Kier molecular flexibility index (Phi) is 3.18. The zero-order valence-corrected chi connectivity index (χ0v) is 6.05. The Morgan fingerprint density at radius 2 is 1.80 bits per heavy atom. The van der Waals surface area contributed by atoms with Gasteiger partial charge < -0.3 is 0 Å². The molecule has 2 nitrogen and oxygen atoms in total. The summed E-state index contributed by atoms with van der Waals surface area (Å²) in [5.74, 6) is -1.69. The van der Waals surface area contributed by atoms with Crippen molar-refractivity contribution in [3.63, 3.8) is 0 Å². The second kappa shape index (κ2) is 3.25. The van der Waals surface area contributed by atoms with E-state index >= 15 is 0 Å². The van der Waals surface area contributed by atoms with Crippen molar-refractivity contribution in [2.24, 2.45) is 0 Å².